The normalized spacial score (nSPS) is 16.4. The Labute approximate surface area is 218 Å². The number of halogens is 3. The molecular formula is C28H31F3N2O5. The van der Waals surface area contributed by atoms with E-state index in [1.165, 1.54) is 0 Å². The van der Waals surface area contributed by atoms with Gasteiger partial charge in [0.15, 0.2) is 17.5 Å². The van der Waals surface area contributed by atoms with Crippen LogP contribution in [0.5, 0.6) is 11.5 Å². The first-order valence-electron chi connectivity index (χ1n) is 12.5. The molecule has 0 amide bonds. The maximum absolute atomic E-state index is 13.4. The van der Waals surface area contributed by atoms with Crippen molar-refractivity contribution in [3.05, 3.63) is 65.1 Å². The van der Waals surface area contributed by atoms with Crippen LogP contribution in [0.2, 0.25) is 0 Å². The monoisotopic (exact) mass is 532 g/mol. The molecule has 2 heterocycles. The van der Waals surface area contributed by atoms with Crippen LogP contribution in [0.3, 0.4) is 0 Å². The van der Waals surface area contributed by atoms with Gasteiger partial charge in [0.25, 0.3) is 0 Å². The van der Waals surface area contributed by atoms with E-state index in [2.05, 4.69) is 4.98 Å². The van der Waals surface area contributed by atoms with Crippen LogP contribution in [0.1, 0.15) is 42.9 Å². The smallest absolute Gasteiger partial charge is 0.309 e. The van der Waals surface area contributed by atoms with Gasteiger partial charge < -0.3 is 19.7 Å². The summed E-state index contributed by atoms with van der Waals surface area (Å²) in [5.41, 5.74) is 1.28. The molecule has 1 atom stereocenters. The van der Waals surface area contributed by atoms with Gasteiger partial charge in [0.05, 0.1) is 24.1 Å². The average Bonchev–Trinajstić information content (AvgIpc) is 2.90. The second-order valence-corrected chi connectivity index (χ2v) is 9.77. The van der Waals surface area contributed by atoms with Crippen molar-refractivity contribution in [1.82, 2.24) is 9.88 Å². The minimum atomic E-state index is -1.55. The number of fused-ring (bicyclic) bond motifs is 1. The molecule has 1 saturated heterocycles. The van der Waals surface area contributed by atoms with E-state index in [0.717, 1.165) is 34.2 Å². The van der Waals surface area contributed by atoms with Gasteiger partial charge in [-0.3, -0.25) is 14.7 Å². The second kappa shape index (κ2) is 11.6. The van der Waals surface area contributed by atoms with E-state index in [1.54, 1.807) is 19.4 Å². The number of carboxylic acids is 1. The first-order valence-corrected chi connectivity index (χ1v) is 12.5. The highest BCUT2D eigenvalue weighted by Gasteiger charge is 2.41. The summed E-state index contributed by atoms with van der Waals surface area (Å²) in [4.78, 5) is 18.8. The van der Waals surface area contributed by atoms with Gasteiger partial charge in [0, 0.05) is 30.3 Å². The molecule has 7 nitrogen and oxygen atoms in total. The minimum absolute atomic E-state index is 0.108. The van der Waals surface area contributed by atoms with Crippen LogP contribution in [0.15, 0.2) is 36.5 Å². The van der Waals surface area contributed by atoms with Gasteiger partial charge in [0.1, 0.15) is 18.1 Å². The summed E-state index contributed by atoms with van der Waals surface area (Å²) in [6.07, 6.45) is 2.18. The van der Waals surface area contributed by atoms with Crippen molar-refractivity contribution in [1.29, 1.82) is 0 Å². The van der Waals surface area contributed by atoms with E-state index in [0.29, 0.717) is 44.6 Å². The number of likely N-dealkylation sites (tertiary alicyclic amines) is 1. The number of ether oxygens (including phenoxy) is 2. The lowest BCUT2D eigenvalue weighted by Gasteiger charge is -2.39. The highest BCUT2D eigenvalue weighted by molar-refractivity contribution is 5.85. The summed E-state index contributed by atoms with van der Waals surface area (Å²) in [7, 11) is 1.57. The SMILES string of the molecule is COc1ccc2ncc(C)c(C(O)CCC3(C(=O)O)CCN(CCOc4cc(F)c(F)c(F)c4)CC3)c2c1. The van der Waals surface area contributed by atoms with Crippen molar-refractivity contribution in [2.75, 3.05) is 33.4 Å². The van der Waals surface area contributed by atoms with E-state index >= 15 is 0 Å². The molecule has 1 aliphatic heterocycles. The molecule has 0 radical (unpaired) electrons. The first-order chi connectivity index (χ1) is 18.1. The fourth-order valence-corrected chi connectivity index (χ4v) is 5.10. The van der Waals surface area contributed by atoms with Crippen molar-refractivity contribution in [2.24, 2.45) is 5.41 Å². The third-order valence-corrected chi connectivity index (χ3v) is 7.45. The Morgan fingerprint density at radius 1 is 1.13 bits per heavy atom. The van der Waals surface area contributed by atoms with E-state index in [-0.39, 0.29) is 18.8 Å². The number of aliphatic carboxylic acids is 1. The average molecular weight is 533 g/mol. The van der Waals surface area contributed by atoms with Crippen molar-refractivity contribution in [3.8, 4) is 11.5 Å². The summed E-state index contributed by atoms with van der Waals surface area (Å²) in [6, 6.07) is 7.04. The lowest BCUT2D eigenvalue weighted by molar-refractivity contribution is -0.153. The Hall–Kier alpha value is -3.37. The molecule has 0 bridgehead atoms. The molecule has 0 aliphatic carbocycles. The van der Waals surface area contributed by atoms with Gasteiger partial charge in [-0.25, -0.2) is 13.2 Å². The fourth-order valence-electron chi connectivity index (χ4n) is 5.10. The number of aromatic nitrogens is 1. The van der Waals surface area contributed by atoms with Gasteiger partial charge in [-0.2, -0.15) is 0 Å². The molecule has 1 fully saturated rings. The topological polar surface area (TPSA) is 92.1 Å². The summed E-state index contributed by atoms with van der Waals surface area (Å²) in [5.74, 6) is -4.54. The number of carbonyl (C=O) groups is 1. The molecule has 3 aromatic rings. The quantitative estimate of drug-likeness (QED) is 0.354. The van der Waals surface area contributed by atoms with Crippen molar-refractivity contribution < 1.29 is 37.7 Å². The maximum atomic E-state index is 13.4. The standard InChI is InChI=1S/C28H31F3N2O5/c1-17-16-32-23-4-3-18(37-2)13-20(23)25(17)24(34)5-6-28(27(35)36)7-9-33(10-8-28)11-12-38-19-14-21(29)26(31)22(30)15-19/h3-4,13-16,24,34H,5-12H2,1-2H3,(H,35,36). The summed E-state index contributed by atoms with van der Waals surface area (Å²) < 4.78 is 50.5. The molecule has 1 unspecified atom stereocenters. The van der Waals surface area contributed by atoms with Gasteiger partial charge in [-0.05, 0) is 75.0 Å². The summed E-state index contributed by atoms with van der Waals surface area (Å²) in [5, 5.41) is 22.0. The van der Waals surface area contributed by atoms with Crippen molar-refractivity contribution in [2.45, 2.75) is 38.7 Å². The van der Waals surface area contributed by atoms with E-state index < -0.39 is 34.9 Å². The molecule has 4 rings (SSSR count). The van der Waals surface area contributed by atoms with E-state index in [9.17, 15) is 28.2 Å². The maximum Gasteiger partial charge on any atom is 0.309 e. The summed E-state index contributed by atoms with van der Waals surface area (Å²) >= 11 is 0. The Morgan fingerprint density at radius 3 is 2.45 bits per heavy atom. The third kappa shape index (κ3) is 5.86. The number of aliphatic hydroxyl groups is 1. The molecule has 1 aromatic heterocycles. The number of carboxylic acid groups (broad SMARTS) is 1. The number of hydrogen-bond acceptors (Lipinski definition) is 6. The first kappa shape index (κ1) is 27.7. The van der Waals surface area contributed by atoms with Gasteiger partial charge in [-0.15, -0.1) is 0 Å². The van der Waals surface area contributed by atoms with Crippen LogP contribution < -0.4 is 9.47 Å². The number of pyridine rings is 1. The zero-order chi connectivity index (χ0) is 27.4. The fraction of sp³-hybridized carbons (Fsp3) is 0.429. The number of nitrogens with zero attached hydrogens (tertiary/aromatic N) is 2. The van der Waals surface area contributed by atoms with Crippen LogP contribution in [0.25, 0.3) is 10.9 Å². The van der Waals surface area contributed by atoms with Gasteiger partial charge >= 0.3 is 5.97 Å². The van der Waals surface area contributed by atoms with Crippen LogP contribution in [0, 0.1) is 29.8 Å². The molecule has 1 aliphatic rings. The number of benzene rings is 2. The minimum Gasteiger partial charge on any atom is -0.497 e. The van der Waals surface area contributed by atoms with E-state index in [4.69, 9.17) is 9.47 Å². The van der Waals surface area contributed by atoms with Gasteiger partial charge in [0.2, 0.25) is 0 Å². The molecule has 2 N–H and O–H groups in total. The Morgan fingerprint density at radius 2 is 1.82 bits per heavy atom. The molecule has 0 spiro atoms. The Kier molecular flexibility index (Phi) is 8.42. The van der Waals surface area contributed by atoms with Crippen LogP contribution in [-0.2, 0) is 4.79 Å². The number of piperidine rings is 1. The lowest BCUT2D eigenvalue weighted by Crippen LogP contribution is -2.45. The number of aliphatic hydroxyl groups excluding tert-OH is 1. The zero-order valence-corrected chi connectivity index (χ0v) is 21.3. The molecule has 2 aromatic carbocycles. The summed E-state index contributed by atoms with van der Waals surface area (Å²) in [6.45, 7) is 3.38. The largest absolute Gasteiger partial charge is 0.497 e. The van der Waals surface area contributed by atoms with Crippen molar-refractivity contribution >= 4 is 16.9 Å². The van der Waals surface area contributed by atoms with Crippen LogP contribution >= 0.6 is 0 Å². The highest BCUT2D eigenvalue weighted by Crippen LogP contribution is 2.40. The number of rotatable bonds is 10. The Bertz CT molecular complexity index is 1290. The molecule has 0 saturated carbocycles. The highest BCUT2D eigenvalue weighted by atomic mass is 19.2. The molecule has 38 heavy (non-hydrogen) atoms. The predicted octanol–water partition coefficient (Wildman–Crippen LogP) is 5.03. The van der Waals surface area contributed by atoms with Crippen molar-refractivity contribution in [3.63, 3.8) is 0 Å². The predicted molar refractivity (Wildman–Crippen MR) is 135 cm³/mol. The molecule has 204 valence electrons. The number of methoxy groups -OCH3 is 1. The third-order valence-electron chi connectivity index (χ3n) is 7.45. The van der Waals surface area contributed by atoms with E-state index in [1.807, 2.05) is 24.0 Å². The number of aryl methyl sites for hydroxylation is 1. The second-order valence-electron chi connectivity index (χ2n) is 9.77. The van der Waals surface area contributed by atoms with Crippen LogP contribution in [0.4, 0.5) is 13.2 Å². The molecular weight excluding hydrogens is 501 g/mol. The van der Waals surface area contributed by atoms with Gasteiger partial charge in [-0.1, -0.05) is 0 Å². The molecule has 10 heteroatoms. The Balaban J connectivity index is 1.36. The van der Waals surface area contributed by atoms with Crippen LogP contribution in [-0.4, -0.2) is 59.4 Å². The number of hydrogen-bond donors (Lipinski definition) is 2. The zero-order valence-electron chi connectivity index (χ0n) is 21.3. The lowest BCUT2D eigenvalue weighted by atomic mass is 9.74.